The molecule has 0 aliphatic carbocycles. The van der Waals surface area contributed by atoms with Gasteiger partial charge in [-0.15, -0.1) is 0 Å². The van der Waals surface area contributed by atoms with Crippen LogP contribution in [0, 0.1) is 0 Å². The van der Waals surface area contributed by atoms with Gasteiger partial charge in [-0.25, -0.2) is 0 Å². The van der Waals surface area contributed by atoms with Gasteiger partial charge < -0.3 is 15.3 Å². The first kappa shape index (κ1) is 8.93. The third kappa shape index (κ3) is 1.70. The highest BCUT2D eigenvalue weighted by Crippen LogP contribution is 2.18. The maximum absolute atomic E-state index is 9.36. The molecular formula is C7H15NO3. The minimum Gasteiger partial charge on any atom is -0.396 e. The van der Waals surface area contributed by atoms with E-state index < -0.39 is 12.2 Å². The molecule has 0 bridgehead atoms. The van der Waals surface area contributed by atoms with Gasteiger partial charge in [0.15, 0.2) is 0 Å². The fraction of sp³-hybridized carbons (Fsp3) is 1.00. The molecule has 0 aromatic carbocycles. The SMILES string of the molecule is CN1CC(O)C(O)C1CCO. The first-order chi connectivity index (χ1) is 5.16. The lowest BCUT2D eigenvalue weighted by Gasteiger charge is -2.20. The second kappa shape index (κ2) is 3.49. The summed E-state index contributed by atoms with van der Waals surface area (Å²) in [5, 5.41) is 27.2. The lowest BCUT2D eigenvalue weighted by atomic mass is 10.1. The smallest absolute Gasteiger partial charge is 0.0967 e. The summed E-state index contributed by atoms with van der Waals surface area (Å²) < 4.78 is 0. The minimum absolute atomic E-state index is 0.0544. The summed E-state index contributed by atoms with van der Waals surface area (Å²) in [7, 11) is 1.83. The normalized spacial score (nSPS) is 39.8. The summed E-state index contributed by atoms with van der Waals surface area (Å²) in [6.07, 6.45) is -0.835. The van der Waals surface area contributed by atoms with E-state index in [1.807, 2.05) is 11.9 Å². The number of hydrogen-bond acceptors (Lipinski definition) is 4. The van der Waals surface area contributed by atoms with Crippen LogP contribution in [0.4, 0.5) is 0 Å². The van der Waals surface area contributed by atoms with E-state index in [2.05, 4.69) is 0 Å². The Bertz CT molecular complexity index is 131. The zero-order valence-electron chi connectivity index (χ0n) is 6.64. The largest absolute Gasteiger partial charge is 0.396 e. The molecule has 3 atom stereocenters. The van der Waals surface area contributed by atoms with E-state index in [0.29, 0.717) is 13.0 Å². The summed E-state index contributed by atoms with van der Waals surface area (Å²) in [4.78, 5) is 1.87. The van der Waals surface area contributed by atoms with Crippen LogP contribution < -0.4 is 0 Å². The van der Waals surface area contributed by atoms with Gasteiger partial charge in [-0.3, -0.25) is 4.90 Å². The van der Waals surface area contributed by atoms with Crippen molar-refractivity contribution < 1.29 is 15.3 Å². The van der Waals surface area contributed by atoms with Crippen LogP contribution in [-0.2, 0) is 0 Å². The molecule has 1 saturated heterocycles. The fourth-order valence-corrected chi connectivity index (χ4v) is 1.58. The number of likely N-dealkylation sites (N-methyl/N-ethyl adjacent to an activating group) is 1. The van der Waals surface area contributed by atoms with Gasteiger partial charge in [-0.1, -0.05) is 0 Å². The van der Waals surface area contributed by atoms with E-state index in [0.717, 1.165) is 0 Å². The standard InChI is InChI=1S/C7H15NO3/c1-8-4-6(10)7(11)5(8)2-3-9/h5-7,9-11H,2-4H2,1H3. The van der Waals surface area contributed by atoms with Crippen LogP contribution in [0.15, 0.2) is 0 Å². The number of nitrogens with zero attached hydrogens (tertiary/aromatic N) is 1. The molecule has 0 aromatic rings. The zero-order chi connectivity index (χ0) is 8.43. The average molecular weight is 161 g/mol. The molecule has 1 fully saturated rings. The minimum atomic E-state index is -0.702. The van der Waals surface area contributed by atoms with E-state index in [-0.39, 0.29) is 12.6 Å². The predicted octanol–water partition coefficient (Wildman–Crippen LogP) is -1.60. The molecule has 1 heterocycles. The van der Waals surface area contributed by atoms with Crippen LogP contribution in [0.5, 0.6) is 0 Å². The molecular weight excluding hydrogens is 146 g/mol. The van der Waals surface area contributed by atoms with Gasteiger partial charge in [0.25, 0.3) is 0 Å². The van der Waals surface area contributed by atoms with Gasteiger partial charge in [-0.2, -0.15) is 0 Å². The number of β-amino-alcohol motifs (C(OH)–C–C–N with tert-alkyl or cyclic N) is 1. The second-order valence-electron chi connectivity index (χ2n) is 3.08. The molecule has 4 heteroatoms. The number of rotatable bonds is 2. The Morgan fingerprint density at radius 2 is 2.09 bits per heavy atom. The molecule has 0 amide bonds. The quantitative estimate of drug-likeness (QED) is 0.456. The van der Waals surface area contributed by atoms with Crippen molar-refractivity contribution in [2.24, 2.45) is 0 Å². The topological polar surface area (TPSA) is 63.9 Å². The zero-order valence-corrected chi connectivity index (χ0v) is 6.64. The maximum atomic E-state index is 9.36. The van der Waals surface area contributed by atoms with Crippen molar-refractivity contribution in [3.63, 3.8) is 0 Å². The molecule has 0 aromatic heterocycles. The molecule has 3 N–H and O–H groups in total. The first-order valence-electron chi connectivity index (χ1n) is 3.84. The number of aliphatic hydroxyl groups excluding tert-OH is 3. The van der Waals surface area contributed by atoms with Gasteiger partial charge in [0, 0.05) is 19.2 Å². The first-order valence-corrected chi connectivity index (χ1v) is 3.84. The molecule has 0 spiro atoms. The van der Waals surface area contributed by atoms with Gasteiger partial charge in [0.05, 0.1) is 12.2 Å². The highest BCUT2D eigenvalue weighted by molar-refractivity contribution is 4.91. The van der Waals surface area contributed by atoms with Crippen molar-refractivity contribution in [1.82, 2.24) is 4.90 Å². The van der Waals surface area contributed by atoms with Crippen LogP contribution in [-0.4, -0.2) is 58.7 Å². The van der Waals surface area contributed by atoms with E-state index >= 15 is 0 Å². The third-order valence-corrected chi connectivity index (χ3v) is 2.25. The lowest BCUT2D eigenvalue weighted by Crippen LogP contribution is -2.34. The predicted molar refractivity (Wildman–Crippen MR) is 40.1 cm³/mol. The van der Waals surface area contributed by atoms with Gasteiger partial charge in [-0.05, 0) is 13.5 Å². The Labute approximate surface area is 66.1 Å². The summed E-state index contributed by atoms with van der Waals surface area (Å²) in [5.41, 5.74) is 0. The molecule has 1 aliphatic rings. The molecule has 4 nitrogen and oxygen atoms in total. The van der Waals surface area contributed by atoms with Crippen molar-refractivity contribution in [2.75, 3.05) is 20.2 Å². The molecule has 66 valence electrons. The van der Waals surface area contributed by atoms with Crippen LogP contribution in [0.25, 0.3) is 0 Å². The van der Waals surface area contributed by atoms with Crippen LogP contribution in [0.1, 0.15) is 6.42 Å². The van der Waals surface area contributed by atoms with Crippen molar-refractivity contribution in [3.05, 3.63) is 0 Å². The molecule has 0 radical (unpaired) electrons. The second-order valence-corrected chi connectivity index (χ2v) is 3.08. The molecule has 3 unspecified atom stereocenters. The third-order valence-electron chi connectivity index (χ3n) is 2.25. The number of aliphatic hydroxyl groups is 3. The summed E-state index contributed by atoms with van der Waals surface area (Å²) >= 11 is 0. The van der Waals surface area contributed by atoms with E-state index in [4.69, 9.17) is 5.11 Å². The Hall–Kier alpha value is -0.160. The van der Waals surface area contributed by atoms with E-state index in [1.165, 1.54) is 0 Å². The Morgan fingerprint density at radius 1 is 1.45 bits per heavy atom. The molecule has 0 saturated carbocycles. The van der Waals surface area contributed by atoms with Gasteiger partial charge in [0.1, 0.15) is 0 Å². The molecule has 11 heavy (non-hydrogen) atoms. The van der Waals surface area contributed by atoms with Crippen LogP contribution in [0.2, 0.25) is 0 Å². The van der Waals surface area contributed by atoms with Crippen molar-refractivity contribution in [3.8, 4) is 0 Å². The van der Waals surface area contributed by atoms with Crippen molar-refractivity contribution >= 4 is 0 Å². The van der Waals surface area contributed by atoms with Crippen molar-refractivity contribution in [1.29, 1.82) is 0 Å². The maximum Gasteiger partial charge on any atom is 0.0967 e. The Kier molecular flexibility index (Phi) is 2.84. The summed E-state index contributed by atoms with van der Waals surface area (Å²) in [5.74, 6) is 0. The number of likely N-dealkylation sites (tertiary alicyclic amines) is 1. The van der Waals surface area contributed by atoms with E-state index in [1.54, 1.807) is 0 Å². The Balaban J connectivity index is 2.49. The van der Waals surface area contributed by atoms with Crippen LogP contribution >= 0.6 is 0 Å². The number of hydrogen-bond donors (Lipinski definition) is 3. The van der Waals surface area contributed by atoms with Crippen molar-refractivity contribution in [2.45, 2.75) is 24.7 Å². The van der Waals surface area contributed by atoms with E-state index in [9.17, 15) is 10.2 Å². The summed E-state index contributed by atoms with van der Waals surface area (Å²) in [6, 6.07) is -0.0880. The monoisotopic (exact) mass is 161 g/mol. The fourth-order valence-electron chi connectivity index (χ4n) is 1.58. The molecule has 1 rings (SSSR count). The van der Waals surface area contributed by atoms with Gasteiger partial charge >= 0.3 is 0 Å². The Morgan fingerprint density at radius 3 is 2.45 bits per heavy atom. The highest BCUT2D eigenvalue weighted by atomic mass is 16.3. The van der Waals surface area contributed by atoms with Crippen LogP contribution in [0.3, 0.4) is 0 Å². The highest BCUT2D eigenvalue weighted by Gasteiger charge is 2.36. The lowest BCUT2D eigenvalue weighted by molar-refractivity contribution is 0.0328. The summed E-state index contributed by atoms with van der Waals surface area (Å²) in [6.45, 7) is 0.546. The molecule has 1 aliphatic heterocycles. The van der Waals surface area contributed by atoms with Gasteiger partial charge in [0.2, 0.25) is 0 Å². The average Bonchev–Trinajstić information content (AvgIpc) is 2.17.